The molecule has 2 aromatic carbocycles. The Morgan fingerprint density at radius 3 is 2.89 bits per heavy atom. The molecule has 0 bridgehead atoms. The fraction of sp³-hybridized carbons (Fsp3) is 0.231. The molecule has 1 aromatic heterocycles. The minimum atomic E-state index is -0.383. The SMILES string of the molecule is CCOC(=O)C=Cc1cccc(-c2cnc(Nc3cc(Cl)cc(C#N)c3)nc2N2CCOCC2)c1. The van der Waals surface area contributed by atoms with Crippen LogP contribution in [0.1, 0.15) is 18.1 Å². The molecule has 3 aromatic rings. The number of rotatable bonds is 7. The second-order valence-corrected chi connectivity index (χ2v) is 8.14. The van der Waals surface area contributed by atoms with Gasteiger partial charge in [-0.3, -0.25) is 0 Å². The number of benzene rings is 2. The summed E-state index contributed by atoms with van der Waals surface area (Å²) >= 11 is 6.14. The Hall–Kier alpha value is -3.93. The highest BCUT2D eigenvalue weighted by Crippen LogP contribution is 2.32. The molecule has 1 saturated heterocycles. The summed E-state index contributed by atoms with van der Waals surface area (Å²) < 4.78 is 10.5. The van der Waals surface area contributed by atoms with Crippen LogP contribution in [0.25, 0.3) is 17.2 Å². The van der Waals surface area contributed by atoms with Crippen molar-refractivity contribution in [3.63, 3.8) is 0 Å². The largest absolute Gasteiger partial charge is 0.463 e. The van der Waals surface area contributed by atoms with Crippen molar-refractivity contribution in [1.82, 2.24) is 9.97 Å². The highest BCUT2D eigenvalue weighted by atomic mass is 35.5. The van der Waals surface area contributed by atoms with Crippen LogP contribution in [0.2, 0.25) is 5.02 Å². The predicted octanol–water partition coefficient (Wildman–Crippen LogP) is 4.83. The smallest absolute Gasteiger partial charge is 0.330 e. The number of nitrogens with zero attached hydrogens (tertiary/aromatic N) is 4. The van der Waals surface area contributed by atoms with E-state index in [1.54, 1.807) is 37.4 Å². The molecule has 1 fully saturated rings. The van der Waals surface area contributed by atoms with E-state index in [1.165, 1.54) is 6.08 Å². The van der Waals surface area contributed by atoms with Gasteiger partial charge in [0.25, 0.3) is 0 Å². The van der Waals surface area contributed by atoms with Crippen LogP contribution in [-0.4, -0.2) is 48.8 Å². The van der Waals surface area contributed by atoms with Crippen LogP contribution < -0.4 is 10.2 Å². The minimum absolute atomic E-state index is 0.330. The molecule has 0 unspecified atom stereocenters. The van der Waals surface area contributed by atoms with Crippen molar-refractivity contribution in [1.29, 1.82) is 5.26 Å². The van der Waals surface area contributed by atoms with Crippen LogP contribution in [0.4, 0.5) is 17.5 Å². The van der Waals surface area contributed by atoms with E-state index in [2.05, 4.69) is 21.3 Å². The fourth-order valence-electron chi connectivity index (χ4n) is 3.67. The van der Waals surface area contributed by atoms with Gasteiger partial charge in [0.15, 0.2) is 0 Å². The Morgan fingerprint density at radius 2 is 2.11 bits per heavy atom. The number of carbonyl (C=O) groups excluding carboxylic acids is 1. The summed E-state index contributed by atoms with van der Waals surface area (Å²) in [6.07, 6.45) is 4.90. The zero-order valence-corrected chi connectivity index (χ0v) is 20.0. The first-order chi connectivity index (χ1) is 17.1. The third kappa shape index (κ3) is 6.35. The van der Waals surface area contributed by atoms with Crippen LogP contribution in [-0.2, 0) is 14.3 Å². The van der Waals surface area contributed by atoms with Gasteiger partial charge in [0.05, 0.1) is 31.5 Å². The molecule has 1 aliphatic heterocycles. The lowest BCUT2D eigenvalue weighted by Crippen LogP contribution is -2.37. The summed E-state index contributed by atoms with van der Waals surface area (Å²) in [5.74, 6) is 0.769. The van der Waals surface area contributed by atoms with E-state index in [0.29, 0.717) is 55.1 Å². The van der Waals surface area contributed by atoms with Gasteiger partial charge in [0.1, 0.15) is 5.82 Å². The van der Waals surface area contributed by atoms with Crippen molar-refractivity contribution in [2.75, 3.05) is 43.1 Å². The molecule has 4 rings (SSSR count). The molecule has 1 N–H and O–H groups in total. The molecule has 1 aliphatic rings. The molecule has 0 amide bonds. The number of anilines is 3. The molecule has 0 radical (unpaired) electrons. The maximum atomic E-state index is 11.7. The lowest BCUT2D eigenvalue weighted by Gasteiger charge is -2.29. The third-order valence-electron chi connectivity index (χ3n) is 5.26. The molecule has 0 spiro atoms. The summed E-state index contributed by atoms with van der Waals surface area (Å²) in [7, 11) is 0. The second kappa shape index (κ2) is 11.5. The van der Waals surface area contributed by atoms with Crippen molar-refractivity contribution in [3.05, 3.63) is 70.9 Å². The first kappa shape index (κ1) is 24.2. The minimum Gasteiger partial charge on any atom is -0.463 e. The van der Waals surface area contributed by atoms with E-state index in [1.807, 2.05) is 24.3 Å². The Bertz CT molecular complexity index is 1280. The monoisotopic (exact) mass is 489 g/mol. The maximum absolute atomic E-state index is 11.7. The van der Waals surface area contributed by atoms with Gasteiger partial charge in [-0.1, -0.05) is 29.8 Å². The van der Waals surface area contributed by atoms with Crippen LogP contribution in [0, 0.1) is 11.3 Å². The van der Waals surface area contributed by atoms with Gasteiger partial charge in [0, 0.05) is 41.6 Å². The Balaban J connectivity index is 1.68. The number of halogens is 1. The van der Waals surface area contributed by atoms with Gasteiger partial charge in [-0.15, -0.1) is 0 Å². The highest BCUT2D eigenvalue weighted by molar-refractivity contribution is 6.31. The van der Waals surface area contributed by atoms with Crippen molar-refractivity contribution in [2.24, 2.45) is 0 Å². The zero-order valence-electron chi connectivity index (χ0n) is 19.2. The van der Waals surface area contributed by atoms with Crippen LogP contribution in [0.15, 0.2) is 54.7 Å². The van der Waals surface area contributed by atoms with Gasteiger partial charge < -0.3 is 19.7 Å². The van der Waals surface area contributed by atoms with Crippen molar-refractivity contribution in [3.8, 4) is 17.2 Å². The predicted molar refractivity (Wildman–Crippen MR) is 136 cm³/mol. The lowest BCUT2D eigenvalue weighted by atomic mass is 10.0. The number of nitrogens with one attached hydrogen (secondary N) is 1. The summed E-state index contributed by atoms with van der Waals surface area (Å²) in [6, 6.07) is 14.9. The summed E-state index contributed by atoms with van der Waals surface area (Å²) in [6.45, 7) is 4.70. The summed E-state index contributed by atoms with van der Waals surface area (Å²) in [5.41, 5.74) is 3.69. The van der Waals surface area contributed by atoms with E-state index in [4.69, 9.17) is 26.1 Å². The van der Waals surface area contributed by atoms with Gasteiger partial charge in [0.2, 0.25) is 5.95 Å². The Kier molecular flexibility index (Phi) is 7.93. The number of aromatic nitrogens is 2. The van der Waals surface area contributed by atoms with Crippen LogP contribution in [0.3, 0.4) is 0 Å². The summed E-state index contributed by atoms with van der Waals surface area (Å²) in [4.78, 5) is 23.2. The van der Waals surface area contributed by atoms with E-state index in [-0.39, 0.29) is 5.97 Å². The molecule has 0 atom stereocenters. The zero-order chi connectivity index (χ0) is 24.6. The van der Waals surface area contributed by atoms with E-state index in [9.17, 15) is 10.1 Å². The van der Waals surface area contributed by atoms with E-state index >= 15 is 0 Å². The average Bonchev–Trinajstić information content (AvgIpc) is 2.88. The molecule has 9 heteroatoms. The number of morpholine rings is 1. The fourth-order valence-corrected chi connectivity index (χ4v) is 3.91. The van der Waals surface area contributed by atoms with Gasteiger partial charge in [-0.25, -0.2) is 9.78 Å². The Labute approximate surface area is 208 Å². The van der Waals surface area contributed by atoms with Gasteiger partial charge in [-0.2, -0.15) is 10.2 Å². The molecule has 2 heterocycles. The first-order valence-corrected chi connectivity index (χ1v) is 11.6. The number of ether oxygens (including phenoxy) is 2. The first-order valence-electron chi connectivity index (χ1n) is 11.2. The standard InChI is InChI=1S/C26H24ClN5O3/c1-2-35-24(33)7-6-18-4-3-5-20(12-18)23-17-29-26(31-25(23)32-8-10-34-11-9-32)30-22-14-19(16-28)13-21(27)15-22/h3-7,12-15,17H,2,8-11H2,1H3,(H,29,30,31). The van der Waals surface area contributed by atoms with E-state index in [0.717, 1.165) is 22.5 Å². The van der Waals surface area contributed by atoms with Crippen molar-refractivity contribution in [2.45, 2.75) is 6.92 Å². The number of carbonyl (C=O) groups is 1. The number of nitriles is 1. The van der Waals surface area contributed by atoms with E-state index < -0.39 is 0 Å². The second-order valence-electron chi connectivity index (χ2n) is 7.71. The highest BCUT2D eigenvalue weighted by Gasteiger charge is 2.19. The normalized spacial score (nSPS) is 13.5. The van der Waals surface area contributed by atoms with Crippen molar-refractivity contribution >= 4 is 41.1 Å². The molecule has 178 valence electrons. The van der Waals surface area contributed by atoms with Gasteiger partial charge >= 0.3 is 5.97 Å². The Morgan fingerprint density at radius 1 is 1.29 bits per heavy atom. The summed E-state index contributed by atoms with van der Waals surface area (Å²) in [5, 5.41) is 12.8. The number of hydrogen-bond acceptors (Lipinski definition) is 8. The third-order valence-corrected chi connectivity index (χ3v) is 5.48. The maximum Gasteiger partial charge on any atom is 0.330 e. The average molecular weight is 490 g/mol. The molecule has 35 heavy (non-hydrogen) atoms. The molecular weight excluding hydrogens is 466 g/mol. The number of esters is 1. The molecular formula is C26H24ClN5O3. The van der Waals surface area contributed by atoms with Crippen LogP contribution in [0.5, 0.6) is 0 Å². The molecule has 0 saturated carbocycles. The quantitative estimate of drug-likeness (QED) is 0.372. The molecule has 8 nitrogen and oxygen atoms in total. The number of hydrogen-bond donors (Lipinski definition) is 1. The molecule has 0 aliphatic carbocycles. The van der Waals surface area contributed by atoms with Crippen molar-refractivity contribution < 1.29 is 14.3 Å². The van der Waals surface area contributed by atoms with Crippen LogP contribution >= 0.6 is 11.6 Å². The van der Waals surface area contributed by atoms with Gasteiger partial charge in [-0.05, 0) is 48.4 Å². The lowest BCUT2D eigenvalue weighted by molar-refractivity contribution is -0.137. The topological polar surface area (TPSA) is 100 Å².